The molecule has 3 saturated carbocycles. The summed E-state index contributed by atoms with van der Waals surface area (Å²) in [6.07, 6.45) is 12.2. The number of fused-ring (bicyclic) bond motifs is 1. The van der Waals surface area contributed by atoms with E-state index in [1.807, 2.05) is 30.1 Å². The van der Waals surface area contributed by atoms with Crippen LogP contribution in [-0.4, -0.2) is 49.9 Å². The van der Waals surface area contributed by atoms with Crippen LogP contribution in [0.1, 0.15) is 67.3 Å². The molecule has 0 amide bonds. The third kappa shape index (κ3) is 4.87. The van der Waals surface area contributed by atoms with Crippen molar-refractivity contribution in [1.82, 2.24) is 24.3 Å². The molecule has 3 fully saturated rings. The summed E-state index contributed by atoms with van der Waals surface area (Å²) in [6, 6.07) is 8.48. The first-order chi connectivity index (χ1) is 19.9. The second-order valence-corrected chi connectivity index (χ2v) is 11.4. The van der Waals surface area contributed by atoms with Crippen molar-refractivity contribution in [3.05, 3.63) is 59.0 Å². The second-order valence-electron chi connectivity index (χ2n) is 11.4. The van der Waals surface area contributed by atoms with E-state index in [0.717, 1.165) is 83.5 Å². The van der Waals surface area contributed by atoms with Gasteiger partial charge >= 0.3 is 0 Å². The molecule has 10 nitrogen and oxygen atoms in total. The Morgan fingerprint density at radius 2 is 1.83 bits per heavy atom. The van der Waals surface area contributed by atoms with Gasteiger partial charge in [-0.3, -0.25) is 9.67 Å². The Kier molecular flexibility index (Phi) is 6.13. The first-order valence-electron chi connectivity index (χ1n) is 14.3. The molecule has 4 N–H and O–H groups in total. The van der Waals surface area contributed by atoms with Crippen LogP contribution in [0.3, 0.4) is 0 Å². The standard InChI is InChI=1S/C31H35N9O/c1-39-16-19-13-22(26(17-7-8-17)36-30(19)38-39)31-37-27(28(40(31)2)18-9-10-18)21-5-4-6-24(32)23(21)14-35-25(29(33)41-3)15-34-20-11-12-20/h4-6,13-18,20H,7-12,32-33H2,1-3H3/b29-25-,34-15?,35-14?. The Morgan fingerprint density at radius 1 is 1.05 bits per heavy atom. The average molecular weight is 550 g/mol. The number of aliphatic imine (C=N–C) groups is 2. The van der Waals surface area contributed by atoms with Crippen molar-refractivity contribution in [2.75, 3.05) is 12.8 Å². The van der Waals surface area contributed by atoms with E-state index < -0.39 is 0 Å². The molecule has 41 heavy (non-hydrogen) atoms. The molecule has 3 aliphatic carbocycles. The number of nitrogens with two attached hydrogens (primary N) is 2. The normalized spacial score (nSPS) is 18.1. The molecule has 0 bridgehead atoms. The summed E-state index contributed by atoms with van der Waals surface area (Å²) in [5.41, 5.74) is 20.6. The van der Waals surface area contributed by atoms with Crippen LogP contribution in [0.25, 0.3) is 33.7 Å². The van der Waals surface area contributed by atoms with Gasteiger partial charge in [0, 0.05) is 71.8 Å². The van der Waals surface area contributed by atoms with Crippen LogP contribution in [0, 0.1) is 0 Å². The number of hydrogen-bond acceptors (Lipinski definition) is 8. The highest BCUT2D eigenvalue weighted by atomic mass is 16.5. The zero-order chi connectivity index (χ0) is 28.2. The lowest BCUT2D eigenvalue weighted by Crippen LogP contribution is -2.06. The summed E-state index contributed by atoms with van der Waals surface area (Å²) < 4.78 is 9.37. The summed E-state index contributed by atoms with van der Waals surface area (Å²) in [4.78, 5) is 19.6. The first-order valence-corrected chi connectivity index (χ1v) is 14.3. The number of imidazole rings is 1. The van der Waals surface area contributed by atoms with Gasteiger partial charge in [-0.1, -0.05) is 12.1 Å². The summed E-state index contributed by atoms with van der Waals surface area (Å²) in [5.74, 6) is 2.04. The van der Waals surface area contributed by atoms with Crippen LogP contribution in [-0.2, 0) is 18.8 Å². The molecular weight excluding hydrogens is 514 g/mol. The van der Waals surface area contributed by atoms with E-state index in [4.69, 9.17) is 31.2 Å². The van der Waals surface area contributed by atoms with Gasteiger partial charge in [-0.25, -0.2) is 15.0 Å². The number of allylic oxidation sites excluding steroid dienone is 1. The number of hydrogen-bond donors (Lipinski definition) is 2. The van der Waals surface area contributed by atoms with Crippen LogP contribution in [0.2, 0.25) is 0 Å². The third-order valence-electron chi connectivity index (χ3n) is 8.10. The SMILES string of the molecule is CO/C(N)=C(/C=NC1CC1)N=Cc1c(N)cccc1-c1nc(-c2cc3cn(C)nc3nc2C2CC2)n(C)c1C1CC1. The predicted octanol–water partition coefficient (Wildman–Crippen LogP) is 4.80. The van der Waals surface area contributed by atoms with Crippen molar-refractivity contribution >= 4 is 29.1 Å². The Morgan fingerprint density at radius 3 is 2.54 bits per heavy atom. The fourth-order valence-corrected chi connectivity index (χ4v) is 5.44. The van der Waals surface area contributed by atoms with Crippen molar-refractivity contribution < 1.29 is 4.74 Å². The highest BCUT2D eigenvalue weighted by Crippen LogP contribution is 2.48. The second kappa shape index (κ2) is 9.87. The summed E-state index contributed by atoms with van der Waals surface area (Å²) in [7, 11) is 5.59. The number of aromatic nitrogens is 5. The van der Waals surface area contributed by atoms with Crippen LogP contribution in [0.4, 0.5) is 5.69 Å². The first kappa shape index (κ1) is 25.5. The largest absolute Gasteiger partial charge is 0.481 e. The molecular formula is C31H35N9O. The monoisotopic (exact) mass is 549 g/mol. The number of anilines is 1. The number of nitrogen functional groups attached to an aromatic ring is 1. The van der Waals surface area contributed by atoms with Gasteiger partial charge in [0.25, 0.3) is 0 Å². The van der Waals surface area contributed by atoms with Gasteiger partial charge in [-0.05, 0) is 50.7 Å². The van der Waals surface area contributed by atoms with Gasteiger partial charge in [0.2, 0.25) is 5.88 Å². The van der Waals surface area contributed by atoms with Gasteiger partial charge in [-0.2, -0.15) is 5.10 Å². The molecule has 0 aliphatic heterocycles. The molecule has 0 atom stereocenters. The molecule has 3 heterocycles. The lowest BCUT2D eigenvalue weighted by atomic mass is 10.0. The van der Waals surface area contributed by atoms with Gasteiger partial charge in [-0.15, -0.1) is 0 Å². The average Bonchev–Trinajstić information content (AvgIpc) is 3.83. The number of nitrogens with zero attached hydrogens (tertiary/aromatic N) is 7. The van der Waals surface area contributed by atoms with Crippen molar-refractivity contribution in [2.24, 2.45) is 29.8 Å². The van der Waals surface area contributed by atoms with Gasteiger partial charge in [0.1, 0.15) is 11.5 Å². The van der Waals surface area contributed by atoms with Gasteiger partial charge in [0.05, 0.1) is 30.8 Å². The van der Waals surface area contributed by atoms with E-state index in [1.165, 1.54) is 12.8 Å². The zero-order valence-corrected chi connectivity index (χ0v) is 23.7. The Balaban J connectivity index is 1.36. The third-order valence-corrected chi connectivity index (χ3v) is 8.10. The minimum Gasteiger partial charge on any atom is -0.481 e. The molecule has 4 aromatic rings. The molecule has 3 aromatic heterocycles. The summed E-state index contributed by atoms with van der Waals surface area (Å²) in [6.45, 7) is 0. The summed E-state index contributed by atoms with van der Waals surface area (Å²) >= 11 is 0. The minimum atomic E-state index is 0.214. The van der Waals surface area contributed by atoms with E-state index in [0.29, 0.717) is 29.3 Å². The fraction of sp³-hybridized carbons (Fsp3) is 0.387. The number of rotatable bonds is 9. The quantitative estimate of drug-likeness (QED) is 0.175. The maximum atomic E-state index is 6.56. The van der Waals surface area contributed by atoms with Crippen molar-refractivity contribution in [2.45, 2.75) is 56.4 Å². The molecule has 10 heteroatoms. The molecule has 0 saturated heterocycles. The van der Waals surface area contributed by atoms with Crippen molar-refractivity contribution in [3.63, 3.8) is 0 Å². The Bertz CT molecular complexity index is 1750. The van der Waals surface area contributed by atoms with E-state index >= 15 is 0 Å². The lowest BCUT2D eigenvalue weighted by molar-refractivity contribution is 0.284. The van der Waals surface area contributed by atoms with Gasteiger partial charge < -0.3 is 20.8 Å². The minimum absolute atomic E-state index is 0.214. The number of methoxy groups -OCH3 is 1. The number of pyridine rings is 1. The van der Waals surface area contributed by atoms with E-state index in [2.05, 4.69) is 33.8 Å². The van der Waals surface area contributed by atoms with Crippen LogP contribution < -0.4 is 11.5 Å². The van der Waals surface area contributed by atoms with Crippen LogP contribution >= 0.6 is 0 Å². The molecule has 0 spiro atoms. The maximum absolute atomic E-state index is 6.56. The number of aryl methyl sites for hydroxylation is 1. The predicted molar refractivity (Wildman–Crippen MR) is 162 cm³/mol. The number of ether oxygens (including phenoxy) is 1. The maximum Gasteiger partial charge on any atom is 0.212 e. The highest BCUT2D eigenvalue weighted by Gasteiger charge is 2.35. The van der Waals surface area contributed by atoms with Crippen LogP contribution in [0.15, 0.2) is 52.0 Å². The fourth-order valence-electron chi connectivity index (χ4n) is 5.44. The topological polar surface area (TPSA) is 135 Å². The van der Waals surface area contributed by atoms with E-state index in [9.17, 15) is 0 Å². The smallest absolute Gasteiger partial charge is 0.212 e. The zero-order valence-electron chi connectivity index (χ0n) is 23.7. The lowest BCUT2D eigenvalue weighted by Gasteiger charge is -2.11. The molecule has 7 rings (SSSR count). The summed E-state index contributed by atoms with van der Waals surface area (Å²) in [5, 5.41) is 5.59. The van der Waals surface area contributed by atoms with E-state index in [1.54, 1.807) is 12.4 Å². The Hall–Kier alpha value is -4.47. The molecule has 0 radical (unpaired) electrons. The highest BCUT2D eigenvalue weighted by molar-refractivity contribution is 5.98. The molecule has 210 valence electrons. The molecule has 1 aromatic carbocycles. The van der Waals surface area contributed by atoms with Crippen molar-refractivity contribution in [1.29, 1.82) is 0 Å². The van der Waals surface area contributed by atoms with Crippen LogP contribution in [0.5, 0.6) is 0 Å². The van der Waals surface area contributed by atoms with Crippen molar-refractivity contribution in [3.8, 4) is 22.6 Å². The molecule has 3 aliphatic rings. The van der Waals surface area contributed by atoms with Gasteiger partial charge in [0.15, 0.2) is 5.65 Å². The number of benzene rings is 1. The Labute approximate surface area is 238 Å². The molecule has 0 unspecified atom stereocenters. The van der Waals surface area contributed by atoms with E-state index in [-0.39, 0.29) is 5.88 Å².